The number of phosphoric acid groups is 1. The normalized spacial score (nSPS) is 25.0. The molecule has 0 spiro atoms. The van der Waals surface area contributed by atoms with Crippen molar-refractivity contribution in [2.45, 2.75) is 19.3 Å². The number of phosphoric ester groups is 1. The fourth-order valence-electron chi connectivity index (χ4n) is 1.59. The third kappa shape index (κ3) is 3.42. The molecule has 82 valence electrons. The number of hydrogen-bond acceptors (Lipinski definition) is 2. The van der Waals surface area contributed by atoms with Crippen LogP contribution in [0.3, 0.4) is 0 Å². The molecule has 1 rings (SSSR count). The third-order valence-corrected chi connectivity index (χ3v) is 2.88. The molecule has 0 aromatic heterocycles. The van der Waals surface area contributed by atoms with Crippen LogP contribution in [0.25, 0.3) is 0 Å². The van der Waals surface area contributed by atoms with Crippen LogP contribution in [0.15, 0.2) is 12.0 Å². The molecule has 0 radical (unpaired) electrons. The molecule has 6 heteroatoms. The van der Waals surface area contributed by atoms with E-state index in [4.69, 9.17) is 9.79 Å². The summed E-state index contributed by atoms with van der Waals surface area (Å²) in [6.45, 7) is 0.982. The van der Waals surface area contributed by atoms with Gasteiger partial charge in [-0.3, -0.25) is 14.3 Å². The zero-order chi connectivity index (χ0) is 10.8. The van der Waals surface area contributed by atoms with Crippen molar-refractivity contribution in [3.63, 3.8) is 0 Å². The smallest absolute Gasteiger partial charge is 0.406 e. The van der Waals surface area contributed by atoms with Gasteiger partial charge in [-0.1, -0.05) is 0 Å². The van der Waals surface area contributed by atoms with Gasteiger partial charge in [-0.15, -0.1) is 0 Å². The van der Waals surface area contributed by atoms with Gasteiger partial charge >= 0.3 is 7.82 Å². The molecule has 0 amide bonds. The van der Waals surface area contributed by atoms with Gasteiger partial charge in [0, 0.05) is 6.42 Å². The van der Waals surface area contributed by atoms with Crippen molar-refractivity contribution in [2.24, 2.45) is 0 Å². The molecule has 0 aromatic carbocycles. The summed E-state index contributed by atoms with van der Waals surface area (Å²) < 4.78 is 15.6. The zero-order valence-electron chi connectivity index (χ0n) is 8.51. The Bertz CT molecular complexity index is 281. The highest BCUT2D eigenvalue weighted by Gasteiger charge is 2.27. The van der Waals surface area contributed by atoms with Gasteiger partial charge in [0.05, 0.1) is 20.6 Å². The van der Waals surface area contributed by atoms with Crippen molar-refractivity contribution in [3.05, 3.63) is 12.0 Å². The predicted molar refractivity (Wildman–Crippen MR) is 52.0 cm³/mol. The van der Waals surface area contributed by atoms with Gasteiger partial charge in [-0.05, 0) is 12.8 Å². The maximum Gasteiger partial charge on any atom is 0.524 e. The quantitative estimate of drug-likeness (QED) is 0.418. The summed E-state index contributed by atoms with van der Waals surface area (Å²) in [6, 6.07) is 0. The van der Waals surface area contributed by atoms with E-state index < -0.39 is 7.82 Å². The molecule has 0 saturated carbocycles. The van der Waals surface area contributed by atoms with Crippen molar-refractivity contribution in [2.75, 3.05) is 20.6 Å². The molecule has 0 atom stereocenters. The van der Waals surface area contributed by atoms with Crippen LogP contribution >= 0.6 is 7.82 Å². The molecule has 1 heterocycles. The molecule has 1 aliphatic rings. The zero-order valence-corrected chi connectivity index (χ0v) is 9.41. The Labute approximate surface area is 83.8 Å². The molecule has 5 nitrogen and oxygen atoms in total. The topological polar surface area (TPSA) is 66.8 Å². The lowest BCUT2D eigenvalue weighted by Gasteiger charge is -2.34. The van der Waals surface area contributed by atoms with Crippen molar-refractivity contribution < 1.29 is 23.4 Å². The van der Waals surface area contributed by atoms with Crippen molar-refractivity contribution >= 4 is 7.82 Å². The van der Waals surface area contributed by atoms with Crippen molar-refractivity contribution in [3.8, 4) is 0 Å². The summed E-state index contributed by atoms with van der Waals surface area (Å²) in [4.78, 5) is 17.1. The largest absolute Gasteiger partial charge is 0.524 e. The van der Waals surface area contributed by atoms with E-state index in [1.165, 1.54) is 6.26 Å². The van der Waals surface area contributed by atoms with E-state index >= 15 is 0 Å². The van der Waals surface area contributed by atoms with Gasteiger partial charge in [0.2, 0.25) is 0 Å². The predicted octanol–water partition coefficient (Wildman–Crippen LogP) is 1.20. The molecule has 14 heavy (non-hydrogen) atoms. The van der Waals surface area contributed by atoms with Crippen molar-refractivity contribution in [1.29, 1.82) is 0 Å². The molecule has 2 N–H and O–H groups in total. The van der Waals surface area contributed by atoms with Crippen LogP contribution in [-0.2, 0) is 9.09 Å². The van der Waals surface area contributed by atoms with Gasteiger partial charge in [-0.25, -0.2) is 4.57 Å². The summed E-state index contributed by atoms with van der Waals surface area (Å²) in [5, 5.41) is 0. The fraction of sp³-hybridized carbons (Fsp3) is 0.750. The van der Waals surface area contributed by atoms with E-state index in [1.54, 1.807) is 0 Å². The average molecular weight is 222 g/mol. The van der Waals surface area contributed by atoms with Crippen LogP contribution in [0.1, 0.15) is 19.3 Å². The van der Waals surface area contributed by atoms with Gasteiger partial charge in [0.15, 0.2) is 6.26 Å². The fourth-order valence-corrected chi connectivity index (χ4v) is 1.85. The second-order valence-electron chi connectivity index (χ2n) is 4.07. The van der Waals surface area contributed by atoms with Crippen molar-refractivity contribution in [1.82, 2.24) is 0 Å². The van der Waals surface area contributed by atoms with Crippen LogP contribution in [0, 0.1) is 0 Å². The second kappa shape index (κ2) is 4.03. The SMILES string of the molecule is C[N+]1(C)CCCCC1=COP(=O)(O)O. The highest BCUT2D eigenvalue weighted by Crippen LogP contribution is 2.38. The second-order valence-corrected chi connectivity index (χ2v) is 5.26. The van der Waals surface area contributed by atoms with Gasteiger partial charge in [-0.2, -0.15) is 0 Å². The van der Waals surface area contributed by atoms with Gasteiger partial charge in [0.1, 0.15) is 5.70 Å². The van der Waals surface area contributed by atoms with Crippen LogP contribution in [-0.4, -0.2) is 34.9 Å². The van der Waals surface area contributed by atoms with Gasteiger partial charge < -0.3 is 4.52 Å². The number of nitrogens with zero attached hydrogens (tertiary/aromatic N) is 1. The first kappa shape index (κ1) is 11.7. The lowest BCUT2D eigenvalue weighted by atomic mass is 10.1. The number of rotatable bonds is 2. The lowest BCUT2D eigenvalue weighted by molar-refractivity contribution is -0.858. The van der Waals surface area contributed by atoms with Crippen LogP contribution in [0.5, 0.6) is 0 Å². The summed E-state index contributed by atoms with van der Waals surface area (Å²) in [7, 11) is -0.359. The Morgan fingerprint density at radius 3 is 2.57 bits per heavy atom. The summed E-state index contributed by atoms with van der Waals surface area (Å²) in [5.41, 5.74) is 0.930. The highest BCUT2D eigenvalue weighted by atomic mass is 31.2. The standard InChI is InChI=1S/C8H16NO4P/c1-9(2)6-4-3-5-8(9)7-13-14(10,11)12/h7H,3-6H2,1-2H3,(H-,10,11,12)/p+1. The summed E-state index contributed by atoms with van der Waals surface area (Å²) >= 11 is 0. The molecule has 0 bridgehead atoms. The molecular formula is C8H17NO4P+. The molecule has 0 aromatic rings. The van der Waals surface area contributed by atoms with E-state index in [-0.39, 0.29) is 0 Å². The number of piperidine rings is 1. The number of allylic oxidation sites excluding steroid dienone is 1. The summed E-state index contributed by atoms with van der Waals surface area (Å²) in [5.74, 6) is 0. The number of quaternary nitrogens is 1. The third-order valence-electron chi connectivity index (χ3n) is 2.50. The monoisotopic (exact) mass is 222 g/mol. The van der Waals surface area contributed by atoms with Crippen LogP contribution in [0.2, 0.25) is 0 Å². The molecule has 1 aliphatic heterocycles. The first-order chi connectivity index (χ1) is 6.31. The van der Waals surface area contributed by atoms with E-state index in [0.717, 1.165) is 31.5 Å². The number of hydrogen-bond donors (Lipinski definition) is 2. The first-order valence-corrected chi connectivity index (χ1v) is 6.11. The Kier molecular flexibility index (Phi) is 3.37. The van der Waals surface area contributed by atoms with E-state index in [0.29, 0.717) is 4.48 Å². The molecule has 0 aliphatic carbocycles. The first-order valence-electron chi connectivity index (χ1n) is 4.58. The van der Waals surface area contributed by atoms with Gasteiger partial charge in [0.25, 0.3) is 0 Å². The minimum absolute atomic E-state index is 0.653. The minimum Gasteiger partial charge on any atom is -0.406 e. The van der Waals surface area contributed by atoms with Crippen LogP contribution in [0.4, 0.5) is 0 Å². The maximum atomic E-state index is 10.5. The number of likely N-dealkylation sites (tertiary alicyclic amines) is 1. The maximum absolute atomic E-state index is 10.5. The Morgan fingerprint density at radius 1 is 1.43 bits per heavy atom. The minimum atomic E-state index is -4.38. The molecule has 0 unspecified atom stereocenters. The van der Waals surface area contributed by atoms with Crippen LogP contribution < -0.4 is 0 Å². The Morgan fingerprint density at radius 2 is 2.07 bits per heavy atom. The van der Waals surface area contributed by atoms with E-state index in [1.807, 2.05) is 14.1 Å². The molecule has 1 saturated heterocycles. The molecule has 1 fully saturated rings. The van der Waals surface area contributed by atoms with E-state index in [9.17, 15) is 4.57 Å². The Hall–Kier alpha value is -0.350. The lowest BCUT2D eigenvalue weighted by Crippen LogP contribution is -2.41. The van der Waals surface area contributed by atoms with E-state index in [2.05, 4.69) is 4.52 Å². The summed E-state index contributed by atoms with van der Waals surface area (Å²) in [6.07, 6.45) is 4.26. The highest BCUT2D eigenvalue weighted by molar-refractivity contribution is 7.46. The average Bonchev–Trinajstić information content (AvgIpc) is 2.00. The Balaban J connectivity index is 2.70. The molecular weight excluding hydrogens is 205 g/mol.